The number of benzene rings is 1. The highest BCUT2D eigenvalue weighted by Crippen LogP contribution is 2.22. The summed E-state index contributed by atoms with van der Waals surface area (Å²) in [6.07, 6.45) is 0. The van der Waals surface area contributed by atoms with Crippen molar-refractivity contribution < 1.29 is 9.53 Å². The van der Waals surface area contributed by atoms with E-state index in [-0.39, 0.29) is 5.91 Å². The molecular weight excluding hydrogens is 252 g/mol. The van der Waals surface area contributed by atoms with Crippen LogP contribution in [0.2, 0.25) is 5.02 Å². The number of methoxy groups -OCH3 is 1. The van der Waals surface area contributed by atoms with Crippen molar-refractivity contribution >= 4 is 28.4 Å². The number of carbonyl (C=O) groups is 1. The number of hydrogen-bond acceptors (Lipinski definition) is 2. The van der Waals surface area contributed by atoms with E-state index in [1.165, 1.54) is 0 Å². The molecule has 1 amide bonds. The van der Waals surface area contributed by atoms with Crippen LogP contribution in [0.1, 0.15) is 10.5 Å². The van der Waals surface area contributed by atoms with Crippen LogP contribution in [0.3, 0.4) is 0 Å². The molecule has 96 valence electrons. The van der Waals surface area contributed by atoms with Crippen molar-refractivity contribution in [2.75, 3.05) is 20.3 Å². The largest absolute Gasteiger partial charge is 0.383 e. The Morgan fingerprint density at radius 1 is 1.44 bits per heavy atom. The fourth-order valence-electron chi connectivity index (χ4n) is 1.88. The normalized spacial score (nSPS) is 10.8. The van der Waals surface area contributed by atoms with Gasteiger partial charge in [0.15, 0.2) is 0 Å². The van der Waals surface area contributed by atoms with E-state index in [0.717, 1.165) is 10.9 Å². The summed E-state index contributed by atoms with van der Waals surface area (Å²) in [5.41, 5.74) is 1.56. The van der Waals surface area contributed by atoms with Gasteiger partial charge >= 0.3 is 0 Å². The van der Waals surface area contributed by atoms with Gasteiger partial charge in [0.25, 0.3) is 5.91 Å². The summed E-state index contributed by atoms with van der Waals surface area (Å²) in [4.78, 5) is 12.0. The summed E-state index contributed by atoms with van der Waals surface area (Å²) in [7, 11) is 3.45. The molecular formula is C13H15ClN2O2. The summed E-state index contributed by atoms with van der Waals surface area (Å²) >= 11 is 5.95. The Kier molecular flexibility index (Phi) is 3.89. The van der Waals surface area contributed by atoms with Gasteiger partial charge in [-0.25, -0.2) is 0 Å². The zero-order chi connectivity index (χ0) is 13.1. The first-order chi connectivity index (χ1) is 8.63. The number of nitrogens with zero attached hydrogens (tertiary/aromatic N) is 1. The third-order valence-corrected chi connectivity index (χ3v) is 3.07. The van der Waals surface area contributed by atoms with Crippen molar-refractivity contribution in [3.63, 3.8) is 0 Å². The molecule has 0 atom stereocenters. The lowest BCUT2D eigenvalue weighted by molar-refractivity contribution is 0.0929. The van der Waals surface area contributed by atoms with Crippen molar-refractivity contribution in [3.8, 4) is 0 Å². The molecule has 4 nitrogen and oxygen atoms in total. The van der Waals surface area contributed by atoms with Crippen molar-refractivity contribution in [3.05, 3.63) is 35.0 Å². The first kappa shape index (κ1) is 12.9. The van der Waals surface area contributed by atoms with Gasteiger partial charge in [0.1, 0.15) is 5.69 Å². The van der Waals surface area contributed by atoms with Gasteiger partial charge in [0.05, 0.1) is 6.61 Å². The summed E-state index contributed by atoms with van der Waals surface area (Å²) in [5.74, 6) is -0.109. The fourth-order valence-corrected chi connectivity index (χ4v) is 2.04. The minimum atomic E-state index is -0.109. The minimum absolute atomic E-state index is 0.109. The first-order valence-electron chi connectivity index (χ1n) is 5.65. The maximum absolute atomic E-state index is 12.0. The van der Waals surface area contributed by atoms with E-state index in [1.807, 2.05) is 35.9 Å². The van der Waals surface area contributed by atoms with Gasteiger partial charge in [0, 0.05) is 36.6 Å². The topological polar surface area (TPSA) is 43.3 Å². The average Bonchev–Trinajstić information content (AvgIpc) is 2.67. The zero-order valence-electron chi connectivity index (χ0n) is 10.4. The Morgan fingerprint density at radius 3 is 2.94 bits per heavy atom. The van der Waals surface area contributed by atoms with Crippen molar-refractivity contribution in [2.24, 2.45) is 7.05 Å². The molecule has 1 N–H and O–H groups in total. The Hall–Kier alpha value is -1.52. The summed E-state index contributed by atoms with van der Waals surface area (Å²) < 4.78 is 6.73. The van der Waals surface area contributed by atoms with Crippen LogP contribution in [0.25, 0.3) is 10.9 Å². The average molecular weight is 267 g/mol. The second kappa shape index (κ2) is 5.42. The van der Waals surface area contributed by atoms with Crippen LogP contribution < -0.4 is 5.32 Å². The van der Waals surface area contributed by atoms with Gasteiger partial charge in [-0.1, -0.05) is 17.7 Å². The number of hydrogen-bond donors (Lipinski definition) is 1. The highest BCUT2D eigenvalue weighted by molar-refractivity contribution is 6.31. The molecule has 1 aromatic heterocycles. The Bertz CT molecular complexity index is 578. The van der Waals surface area contributed by atoms with Crippen LogP contribution in [-0.4, -0.2) is 30.7 Å². The van der Waals surface area contributed by atoms with E-state index in [0.29, 0.717) is 23.9 Å². The molecule has 0 saturated carbocycles. The maximum atomic E-state index is 12.0. The lowest BCUT2D eigenvalue weighted by atomic mass is 10.2. The van der Waals surface area contributed by atoms with E-state index in [1.54, 1.807) is 7.11 Å². The van der Waals surface area contributed by atoms with Crippen molar-refractivity contribution in [1.82, 2.24) is 9.88 Å². The third-order valence-electron chi connectivity index (χ3n) is 2.83. The predicted octanol–water partition coefficient (Wildman–Crippen LogP) is 2.21. The smallest absolute Gasteiger partial charge is 0.268 e. The lowest BCUT2D eigenvalue weighted by Crippen LogP contribution is -2.28. The van der Waals surface area contributed by atoms with Crippen LogP contribution in [-0.2, 0) is 11.8 Å². The summed E-state index contributed by atoms with van der Waals surface area (Å²) in [6.45, 7) is 0.999. The molecule has 0 spiro atoms. The van der Waals surface area contributed by atoms with Crippen LogP contribution >= 0.6 is 11.6 Å². The molecule has 5 heteroatoms. The quantitative estimate of drug-likeness (QED) is 0.863. The standard InChI is InChI=1S/C13H15ClN2O2/c1-16-11-8-10(14)4-3-9(11)7-12(16)13(17)15-5-6-18-2/h3-4,7-8H,5-6H2,1-2H3,(H,15,17). The second-order valence-corrected chi connectivity index (χ2v) is 4.48. The first-order valence-corrected chi connectivity index (χ1v) is 6.03. The molecule has 0 saturated heterocycles. The number of carbonyl (C=O) groups excluding carboxylic acids is 1. The molecule has 2 aromatic rings. The molecule has 0 radical (unpaired) electrons. The van der Waals surface area contributed by atoms with Gasteiger partial charge < -0.3 is 14.6 Å². The summed E-state index contributed by atoms with van der Waals surface area (Å²) in [6, 6.07) is 7.43. The number of halogens is 1. The van der Waals surface area contributed by atoms with Crippen LogP contribution in [0.5, 0.6) is 0 Å². The number of rotatable bonds is 4. The molecule has 0 aliphatic heterocycles. The Labute approximate surface area is 110 Å². The van der Waals surface area contributed by atoms with Gasteiger partial charge in [-0.3, -0.25) is 4.79 Å². The second-order valence-electron chi connectivity index (χ2n) is 4.04. The van der Waals surface area contributed by atoms with Crippen molar-refractivity contribution in [2.45, 2.75) is 0 Å². The molecule has 0 unspecified atom stereocenters. The summed E-state index contributed by atoms with van der Waals surface area (Å²) in [5, 5.41) is 4.46. The minimum Gasteiger partial charge on any atom is -0.383 e. The fraction of sp³-hybridized carbons (Fsp3) is 0.308. The van der Waals surface area contributed by atoms with Gasteiger partial charge in [-0.2, -0.15) is 0 Å². The van der Waals surface area contributed by atoms with Crippen molar-refractivity contribution in [1.29, 1.82) is 0 Å². The van der Waals surface area contributed by atoms with Gasteiger partial charge in [-0.05, 0) is 18.2 Å². The molecule has 0 aliphatic rings. The molecule has 18 heavy (non-hydrogen) atoms. The van der Waals surface area contributed by atoms with Crippen LogP contribution in [0, 0.1) is 0 Å². The predicted molar refractivity (Wildman–Crippen MR) is 72.1 cm³/mol. The van der Waals surface area contributed by atoms with Gasteiger partial charge in [0.2, 0.25) is 0 Å². The van der Waals surface area contributed by atoms with E-state index in [9.17, 15) is 4.79 Å². The van der Waals surface area contributed by atoms with E-state index in [2.05, 4.69) is 5.32 Å². The van der Waals surface area contributed by atoms with E-state index >= 15 is 0 Å². The number of aromatic nitrogens is 1. The molecule has 0 aliphatic carbocycles. The zero-order valence-corrected chi connectivity index (χ0v) is 11.1. The van der Waals surface area contributed by atoms with E-state index < -0.39 is 0 Å². The number of ether oxygens (including phenoxy) is 1. The number of fused-ring (bicyclic) bond motifs is 1. The molecule has 2 rings (SSSR count). The molecule has 0 bridgehead atoms. The molecule has 0 fully saturated rings. The monoisotopic (exact) mass is 266 g/mol. The lowest BCUT2D eigenvalue weighted by Gasteiger charge is -2.05. The number of nitrogens with one attached hydrogen (secondary N) is 1. The number of aryl methyl sites for hydroxylation is 1. The Balaban J connectivity index is 2.28. The van der Waals surface area contributed by atoms with E-state index in [4.69, 9.17) is 16.3 Å². The number of amides is 1. The Morgan fingerprint density at radius 2 is 2.22 bits per heavy atom. The molecule has 1 aromatic carbocycles. The third kappa shape index (κ3) is 2.49. The highest BCUT2D eigenvalue weighted by atomic mass is 35.5. The van der Waals surface area contributed by atoms with Crippen LogP contribution in [0.15, 0.2) is 24.3 Å². The van der Waals surface area contributed by atoms with Gasteiger partial charge in [-0.15, -0.1) is 0 Å². The highest BCUT2D eigenvalue weighted by Gasteiger charge is 2.12. The molecule has 1 heterocycles. The maximum Gasteiger partial charge on any atom is 0.268 e. The SMILES string of the molecule is COCCNC(=O)c1cc2ccc(Cl)cc2n1C. The van der Waals surface area contributed by atoms with Crippen LogP contribution in [0.4, 0.5) is 0 Å².